The van der Waals surface area contributed by atoms with Gasteiger partial charge in [0, 0.05) is 11.5 Å². The number of carbonyl (C=O) groups is 1. The number of halogens is 1. The second-order valence-electron chi connectivity index (χ2n) is 5.53. The zero-order valence-electron chi connectivity index (χ0n) is 13.7. The second kappa shape index (κ2) is 7.26. The van der Waals surface area contributed by atoms with Crippen molar-refractivity contribution in [2.75, 3.05) is 6.61 Å². The van der Waals surface area contributed by atoms with E-state index in [1.54, 1.807) is 18.2 Å². The number of benzene rings is 2. The molecule has 0 aliphatic carbocycles. The molecule has 0 bridgehead atoms. The first-order chi connectivity index (χ1) is 12.0. The smallest absolute Gasteiger partial charge is 0.349 e. The molecule has 3 rings (SSSR count). The van der Waals surface area contributed by atoms with E-state index in [2.05, 4.69) is 0 Å². The molecule has 6 heteroatoms. The van der Waals surface area contributed by atoms with Crippen LogP contribution in [0.1, 0.15) is 11.1 Å². The molecule has 0 unspecified atom stereocenters. The Balaban J connectivity index is 1.78. The van der Waals surface area contributed by atoms with Gasteiger partial charge in [-0.2, -0.15) is 0 Å². The van der Waals surface area contributed by atoms with Gasteiger partial charge in [0.2, 0.25) is 0 Å². The lowest BCUT2D eigenvalue weighted by Crippen LogP contribution is -2.18. The summed E-state index contributed by atoms with van der Waals surface area (Å²) in [7, 11) is 0. The van der Waals surface area contributed by atoms with E-state index in [1.165, 1.54) is 6.07 Å². The Hall–Kier alpha value is -2.35. The number of carbonyl (C=O) groups excluding carboxylic acids is 1. The molecular weight excluding hydrogens is 435 g/mol. The predicted octanol–water partition coefficient (Wildman–Crippen LogP) is 4.00. The van der Waals surface area contributed by atoms with E-state index in [4.69, 9.17) is 13.9 Å². The highest BCUT2D eigenvalue weighted by molar-refractivity contribution is 14.1. The van der Waals surface area contributed by atoms with Gasteiger partial charge >= 0.3 is 11.6 Å². The average Bonchev–Trinajstić information content (AvgIpc) is 2.57. The van der Waals surface area contributed by atoms with Gasteiger partial charge in [-0.05, 0) is 65.8 Å². The molecule has 0 fully saturated rings. The van der Waals surface area contributed by atoms with Crippen molar-refractivity contribution < 1.29 is 18.7 Å². The van der Waals surface area contributed by atoms with Crippen molar-refractivity contribution in [1.29, 1.82) is 0 Å². The van der Waals surface area contributed by atoms with Crippen LogP contribution >= 0.6 is 22.6 Å². The number of esters is 1. The summed E-state index contributed by atoms with van der Waals surface area (Å²) in [5, 5.41) is 0.806. The van der Waals surface area contributed by atoms with Gasteiger partial charge < -0.3 is 13.9 Å². The van der Waals surface area contributed by atoms with Crippen molar-refractivity contribution in [2.45, 2.75) is 13.8 Å². The highest BCUT2D eigenvalue weighted by Crippen LogP contribution is 2.30. The van der Waals surface area contributed by atoms with Gasteiger partial charge in [0.05, 0.1) is 3.57 Å². The molecule has 1 aromatic heterocycles. The van der Waals surface area contributed by atoms with Crippen LogP contribution in [-0.2, 0) is 4.79 Å². The molecule has 0 N–H and O–H groups in total. The number of para-hydroxylation sites is 1. The second-order valence-corrected chi connectivity index (χ2v) is 6.61. The molecule has 5 nitrogen and oxygen atoms in total. The third-order valence-electron chi connectivity index (χ3n) is 3.69. The molecule has 25 heavy (non-hydrogen) atoms. The number of fused-ring (bicyclic) bond motifs is 1. The van der Waals surface area contributed by atoms with Crippen LogP contribution in [0.3, 0.4) is 0 Å². The zero-order valence-corrected chi connectivity index (χ0v) is 15.8. The Bertz CT molecular complexity index is 1010. The van der Waals surface area contributed by atoms with Crippen LogP contribution in [0.2, 0.25) is 0 Å². The first kappa shape index (κ1) is 17.5. The van der Waals surface area contributed by atoms with E-state index < -0.39 is 11.6 Å². The summed E-state index contributed by atoms with van der Waals surface area (Å²) < 4.78 is 16.7. The van der Waals surface area contributed by atoms with Crippen LogP contribution in [0.25, 0.3) is 11.0 Å². The maximum Gasteiger partial charge on any atom is 0.349 e. The molecule has 0 atom stereocenters. The quantitative estimate of drug-likeness (QED) is 0.260. The number of aryl methyl sites for hydroxylation is 2. The van der Waals surface area contributed by atoms with Crippen molar-refractivity contribution in [2.24, 2.45) is 0 Å². The van der Waals surface area contributed by atoms with Crippen molar-refractivity contribution in [1.82, 2.24) is 0 Å². The Kier molecular flexibility index (Phi) is 5.08. The van der Waals surface area contributed by atoms with E-state index in [9.17, 15) is 9.59 Å². The summed E-state index contributed by atoms with van der Waals surface area (Å²) in [6.45, 7) is 3.52. The van der Waals surface area contributed by atoms with Crippen LogP contribution in [-0.4, -0.2) is 12.6 Å². The molecule has 3 aromatic rings. The summed E-state index contributed by atoms with van der Waals surface area (Å²) >= 11 is 2.00. The molecule has 0 spiro atoms. The SMILES string of the molecule is Cc1ccccc1OCC(=O)Oc1ccc2c(C)cc(=O)oc2c1I. The average molecular weight is 450 g/mol. The van der Waals surface area contributed by atoms with Crippen LogP contribution in [0, 0.1) is 17.4 Å². The van der Waals surface area contributed by atoms with Crippen LogP contribution in [0.4, 0.5) is 0 Å². The Labute approximate surface area is 157 Å². The van der Waals surface area contributed by atoms with Gasteiger partial charge in [0.15, 0.2) is 12.2 Å². The highest BCUT2D eigenvalue weighted by atomic mass is 127. The summed E-state index contributed by atoms with van der Waals surface area (Å²) in [5.74, 6) is 0.435. The van der Waals surface area contributed by atoms with Crippen molar-refractivity contribution in [3.05, 3.63) is 67.6 Å². The third kappa shape index (κ3) is 3.84. The summed E-state index contributed by atoms with van der Waals surface area (Å²) in [5.41, 5.74) is 1.72. The van der Waals surface area contributed by atoms with Gasteiger partial charge in [-0.1, -0.05) is 18.2 Å². The minimum Gasteiger partial charge on any atom is -0.482 e. The first-order valence-electron chi connectivity index (χ1n) is 7.58. The topological polar surface area (TPSA) is 65.7 Å². The van der Waals surface area contributed by atoms with Crippen LogP contribution in [0.15, 0.2) is 51.7 Å². The third-order valence-corrected chi connectivity index (χ3v) is 4.71. The van der Waals surface area contributed by atoms with Crippen molar-refractivity contribution >= 4 is 39.5 Å². The molecule has 0 radical (unpaired) electrons. The number of rotatable bonds is 4. The number of hydrogen-bond acceptors (Lipinski definition) is 5. The Morgan fingerprint density at radius 1 is 1.08 bits per heavy atom. The molecule has 0 amide bonds. The fourth-order valence-electron chi connectivity index (χ4n) is 2.42. The summed E-state index contributed by atoms with van der Waals surface area (Å²) in [4.78, 5) is 23.7. The normalized spacial score (nSPS) is 10.7. The maximum absolute atomic E-state index is 12.1. The minimum atomic E-state index is -0.532. The standard InChI is InChI=1S/C19H15IO5/c1-11-5-3-4-6-14(11)23-10-17(22)24-15-8-7-13-12(2)9-16(21)25-19(13)18(15)20/h3-9H,10H2,1-2H3. The van der Waals surface area contributed by atoms with Crippen molar-refractivity contribution in [3.63, 3.8) is 0 Å². The molecule has 0 saturated carbocycles. The highest BCUT2D eigenvalue weighted by Gasteiger charge is 2.15. The number of hydrogen-bond donors (Lipinski definition) is 0. The molecule has 0 aliphatic heterocycles. The van der Waals surface area contributed by atoms with E-state index in [1.807, 2.05) is 54.6 Å². The predicted molar refractivity (Wildman–Crippen MR) is 102 cm³/mol. The number of ether oxygens (including phenoxy) is 2. The van der Waals surface area contributed by atoms with Crippen molar-refractivity contribution in [3.8, 4) is 11.5 Å². The van der Waals surface area contributed by atoms with E-state index >= 15 is 0 Å². The summed E-state index contributed by atoms with van der Waals surface area (Å²) in [6.07, 6.45) is 0. The summed E-state index contributed by atoms with van der Waals surface area (Å²) in [6, 6.07) is 12.3. The lowest BCUT2D eigenvalue weighted by molar-refractivity contribution is -0.136. The van der Waals surface area contributed by atoms with Gasteiger partial charge in [0.25, 0.3) is 0 Å². The fraction of sp³-hybridized carbons (Fsp3) is 0.158. The van der Waals surface area contributed by atoms with E-state index in [0.29, 0.717) is 20.7 Å². The Morgan fingerprint density at radius 2 is 1.84 bits per heavy atom. The monoisotopic (exact) mass is 450 g/mol. The first-order valence-corrected chi connectivity index (χ1v) is 8.65. The van der Waals surface area contributed by atoms with Gasteiger partial charge in [-0.15, -0.1) is 0 Å². The Morgan fingerprint density at radius 3 is 2.60 bits per heavy atom. The van der Waals surface area contributed by atoms with Crippen LogP contribution in [0.5, 0.6) is 11.5 Å². The lowest BCUT2D eigenvalue weighted by Gasteiger charge is -2.11. The van der Waals surface area contributed by atoms with E-state index in [-0.39, 0.29) is 6.61 Å². The van der Waals surface area contributed by atoms with Crippen LogP contribution < -0.4 is 15.1 Å². The fourth-order valence-corrected chi connectivity index (χ4v) is 3.11. The molecular formula is C19H15IO5. The van der Waals surface area contributed by atoms with Gasteiger partial charge in [-0.3, -0.25) is 0 Å². The van der Waals surface area contributed by atoms with E-state index in [0.717, 1.165) is 16.5 Å². The lowest BCUT2D eigenvalue weighted by atomic mass is 10.1. The molecule has 128 valence electrons. The largest absolute Gasteiger partial charge is 0.482 e. The minimum absolute atomic E-state index is 0.212. The van der Waals surface area contributed by atoms with Gasteiger partial charge in [-0.25, -0.2) is 9.59 Å². The molecule has 0 saturated heterocycles. The maximum atomic E-state index is 12.1. The zero-order chi connectivity index (χ0) is 18.0. The van der Waals surface area contributed by atoms with Gasteiger partial charge in [0.1, 0.15) is 11.5 Å². The molecule has 1 heterocycles. The molecule has 0 aliphatic rings. The molecule has 2 aromatic carbocycles.